The maximum atomic E-state index is 12.8. The third-order valence-electron chi connectivity index (χ3n) is 4.52. The number of hydrogen-bond acceptors (Lipinski definition) is 4. The molecule has 1 aliphatic rings. The number of amides is 3. The highest BCUT2D eigenvalue weighted by molar-refractivity contribution is 6.30. The molecule has 7 nitrogen and oxygen atoms in total. The highest BCUT2D eigenvalue weighted by atomic mass is 35.5. The molecular weight excluding hydrogens is 405 g/mol. The second-order valence-corrected chi connectivity index (χ2v) is 7.97. The van der Waals surface area contributed by atoms with Crippen molar-refractivity contribution >= 4 is 46.6 Å². The molecule has 0 unspecified atom stereocenters. The van der Waals surface area contributed by atoms with Crippen LogP contribution in [0.1, 0.15) is 13.8 Å². The molecule has 0 spiro atoms. The summed E-state index contributed by atoms with van der Waals surface area (Å²) in [4.78, 5) is 42.3. The topological polar surface area (TPSA) is 70.2 Å². The van der Waals surface area contributed by atoms with E-state index in [0.717, 1.165) is 0 Å². The van der Waals surface area contributed by atoms with Crippen LogP contribution in [-0.4, -0.2) is 73.4 Å². The van der Waals surface area contributed by atoms with Crippen LogP contribution < -0.4 is 4.90 Å². The van der Waals surface area contributed by atoms with Gasteiger partial charge in [-0.3, -0.25) is 19.3 Å². The molecule has 0 bridgehead atoms. The van der Waals surface area contributed by atoms with Crippen molar-refractivity contribution in [3.05, 3.63) is 29.3 Å². The zero-order valence-corrected chi connectivity index (χ0v) is 17.8. The Hall–Kier alpha value is -1.83. The van der Waals surface area contributed by atoms with Gasteiger partial charge in [-0.2, -0.15) is 0 Å². The van der Waals surface area contributed by atoms with Crippen molar-refractivity contribution in [1.29, 1.82) is 0 Å². The van der Waals surface area contributed by atoms with Gasteiger partial charge in [0, 0.05) is 30.2 Å². The Morgan fingerprint density at radius 1 is 1.25 bits per heavy atom. The second-order valence-electron chi connectivity index (χ2n) is 7.27. The summed E-state index contributed by atoms with van der Waals surface area (Å²) in [5.41, 5.74) is -0.133. The van der Waals surface area contributed by atoms with Gasteiger partial charge in [-0.1, -0.05) is 11.6 Å². The fourth-order valence-electron chi connectivity index (χ4n) is 2.76. The van der Waals surface area contributed by atoms with E-state index in [1.807, 2.05) is 0 Å². The van der Waals surface area contributed by atoms with Gasteiger partial charge >= 0.3 is 0 Å². The lowest BCUT2D eigenvalue weighted by Gasteiger charge is -2.31. The molecule has 0 radical (unpaired) electrons. The van der Waals surface area contributed by atoms with Crippen LogP contribution in [0.3, 0.4) is 0 Å². The summed E-state index contributed by atoms with van der Waals surface area (Å²) in [6.45, 7) is 3.99. The predicted octanol–water partition coefficient (Wildman–Crippen LogP) is 2.21. The van der Waals surface area contributed by atoms with E-state index < -0.39 is 5.41 Å². The van der Waals surface area contributed by atoms with Gasteiger partial charge in [0.05, 0.1) is 18.6 Å². The normalized spacial score (nSPS) is 14.5. The Kier molecular flexibility index (Phi) is 7.69. The van der Waals surface area contributed by atoms with Gasteiger partial charge in [0.15, 0.2) is 0 Å². The smallest absolute Gasteiger partial charge is 0.248 e. The van der Waals surface area contributed by atoms with Crippen LogP contribution in [0.25, 0.3) is 0 Å². The first-order chi connectivity index (χ1) is 13.2. The van der Waals surface area contributed by atoms with Crippen molar-refractivity contribution in [3.63, 3.8) is 0 Å². The number of nitrogens with zero attached hydrogens (tertiary/aromatic N) is 3. The summed E-state index contributed by atoms with van der Waals surface area (Å²) >= 11 is 11.8. The number of anilines is 1. The standard InChI is InChI=1S/C19H25Cl2N3O4/c1-19(2,12-20)18(27)22(8-9-28-3)10-16(25)23-11-17(26)24(13-23)15-6-4-14(21)5-7-15/h4-7H,8-13H2,1-3H3. The molecule has 0 aromatic heterocycles. The summed E-state index contributed by atoms with van der Waals surface area (Å²) in [5.74, 6) is -0.588. The molecule has 0 aliphatic carbocycles. The van der Waals surface area contributed by atoms with Gasteiger partial charge in [-0.05, 0) is 38.1 Å². The molecule has 28 heavy (non-hydrogen) atoms. The predicted molar refractivity (Wildman–Crippen MR) is 108 cm³/mol. The summed E-state index contributed by atoms with van der Waals surface area (Å²) < 4.78 is 5.05. The fourth-order valence-corrected chi connectivity index (χ4v) is 3.00. The molecule has 154 valence electrons. The van der Waals surface area contributed by atoms with Crippen LogP contribution >= 0.6 is 23.2 Å². The average Bonchev–Trinajstić information content (AvgIpc) is 3.06. The van der Waals surface area contributed by atoms with Gasteiger partial charge in [-0.25, -0.2) is 0 Å². The van der Waals surface area contributed by atoms with Crippen molar-refractivity contribution < 1.29 is 19.1 Å². The zero-order chi connectivity index (χ0) is 20.9. The monoisotopic (exact) mass is 429 g/mol. The van der Waals surface area contributed by atoms with Crippen LogP contribution in [0.2, 0.25) is 5.02 Å². The van der Waals surface area contributed by atoms with Crippen LogP contribution in [0, 0.1) is 5.41 Å². The van der Waals surface area contributed by atoms with Crippen LogP contribution in [0.5, 0.6) is 0 Å². The number of rotatable bonds is 8. The molecule has 0 saturated carbocycles. The van der Waals surface area contributed by atoms with Crippen LogP contribution in [-0.2, 0) is 19.1 Å². The van der Waals surface area contributed by atoms with E-state index in [1.165, 1.54) is 21.8 Å². The lowest BCUT2D eigenvalue weighted by molar-refractivity contribution is -0.145. The molecule has 1 aliphatic heterocycles. The summed E-state index contributed by atoms with van der Waals surface area (Å²) in [5, 5.41) is 0.567. The average molecular weight is 430 g/mol. The van der Waals surface area contributed by atoms with Crippen molar-refractivity contribution in [3.8, 4) is 0 Å². The van der Waals surface area contributed by atoms with Gasteiger partial charge in [0.25, 0.3) is 0 Å². The fraction of sp³-hybridized carbons (Fsp3) is 0.526. The zero-order valence-electron chi connectivity index (χ0n) is 16.3. The molecule has 1 heterocycles. The van der Waals surface area contributed by atoms with Gasteiger partial charge in [-0.15, -0.1) is 11.6 Å². The third-order valence-corrected chi connectivity index (χ3v) is 5.44. The molecule has 0 N–H and O–H groups in total. The Morgan fingerprint density at radius 3 is 2.46 bits per heavy atom. The molecular formula is C19H25Cl2N3O4. The molecule has 1 saturated heterocycles. The SMILES string of the molecule is COCCN(CC(=O)N1CC(=O)N(c2ccc(Cl)cc2)C1)C(=O)C(C)(C)CCl. The van der Waals surface area contributed by atoms with E-state index in [4.69, 9.17) is 27.9 Å². The van der Waals surface area contributed by atoms with Crippen LogP contribution in [0.15, 0.2) is 24.3 Å². The van der Waals surface area contributed by atoms with E-state index in [9.17, 15) is 14.4 Å². The van der Waals surface area contributed by atoms with Crippen LogP contribution in [0.4, 0.5) is 5.69 Å². The van der Waals surface area contributed by atoms with E-state index in [-0.39, 0.29) is 49.9 Å². The molecule has 3 amide bonds. The minimum atomic E-state index is -0.800. The maximum absolute atomic E-state index is 12.8. The number of hydrogen-bond donors (Lipinski definition) is 0. The summed E-state index contributed by atoms with van der Waals surface area (Å²) in [7, 11) is 1.53. The molecule has 9 heteroatoms. The highest BCUT2D eigenvalue weighted by Gasteiger charge is 2.36. The molecule has 0 atom stereocenters. The van der Waals surface area contributed by atoms with Crippen molar-refractivity contribution in [2.24, 2.45) is 5.41 Å². The van der Waals surface area contributed by atoms with Crippen molar-refractivity contribution in [2.75, 3.05) is 50.8 Å². The van der Waals surface area contributed by atoms with Gasteiger partial charge in [0.2, 0.25) is 17.7 Å². The number of alkyl halides is 1. The lowest BCUT2D eigenvalue weighted by Crippen LogP contribution is -2.48. The molecule has 1 aromatic rings. The van der Waals surface area contributed by atoms with E-state index >= 15 is 0 Å². The lowest BCUT2D eigenvalue weighted by atomic mass is 9.94. The minimum absolute atomic E-state index is 0.0351. The van der Waals surface area contributed by atoms with Crippen molar-refractivity contribution in [1.82, 2.24) is 9.80 Å². The van der Waals surface area contributed by atoms with Gasteiger partial charge < -0.3 is 14.5 Å². The quantitative estimate of drug-likeness (QED) is 0.593. The Balaban J connectivity index is 2.07. The number of carbonyl (C=O) groups excluding carboxylic acids is 3. The number of methoxy groups -OCH3 is 1. The Morgan fingerprint density at radius 2 is 1.89 bits per heavy atom. The molecule has 2 rings (SSSR count). The molecule has 1 aromatic carbocycles. The Bertz CT molecular complexity index is 724. The van der Waals surface area contributed by atoms with Gasteiger partial charge in [0.1, 0.15) is 13.2 Å². The maximum Gasteiger partial charge on any atom is 0.248 e. The first kappa shape index (κ1) is 22.5. The van der Waals surface area contributed by atoms with Crippen molar-refractivity contribution in [2.45, 2.75) is 13.8 Å². The van der Waals surface area contributed by atoms with E-state index in [2.05, 4.69) is 0 Å². The number of benzene rings is 1. The minimum Gasteiger partial charge on any atom is -0.383 e. The number of halogens is 2. The largest absolute Gasteiger partial charge is 0.383 e. The van der Waals surface area contributed by atoms with E-state index in [1.54, 1.807) is 38.1 Å². The summed E-state index contributed by atoms with van der Waals surface area (Å²) in [6.07, 6.45) is 0. The number of carbonyl (C=O) groups is 3. The molecule has 1 fully saturated rings. The van der Waals surface area contributed by atoms with E-state index in [0.29, 0.717) is 17.3 Å². The summed E-state index contributed by atoms with van der Waals surface area (Å²) in [6, 6.07) is 6.83. The first-order valence-corrected chi connectivity index (χ1v) is 9.79. The Labute approximate surface area is 175 Å². The highest BCUT2D eigenvalue weighted by Crippen LogP contribution is 2.23. The first-order valence-electron chi connectivity index (χ1n) is 8.87. The third kappa shape index (κ3) is 5.37. The number of ether oxygens (including phenoxy) is 1. The second kappa shape index (κ2) is 9.58.